The Bertz CT molecular complexity index is 1030. The van der Waals surface area contributed by atoms with Crippen molar-refractivity contribution < 1.29 is 14.3 Å². The van der Waals surface area contributed by atoms with E-state index in [2.05, 4.69) is 33.4 Å². The van der Waals surface area contributed by atoms with Crippen LogP contribution in [0.4, 0.5) is 5.00 Å². The van der Waals surface area contributed by atoms with Gasteiger partial charge >= 0.3 is 5.97 Å². The van der Waals surface area contributed by atoms with E-state index in [0.717, 1.165) is 22.0 Å². The summed E-state index contributed by atoms with van der Waals surface area (Å²) >= 11 is 4.79. The summed E-state index contributed by atoms with van der Waals surface area (Å²) in [6.07, 6.45) is 0.829. The molecule has 0 spiro atoms. The number of carbonyl (C=O) groups is 2. The summed E-state index contributed by atoms with van der Waals surface area (Å²) in [5.74, 6) is -0.287. The van der Waals surface area contributed by atoms with Gasteiger partial charge in [-0.3, -0.25) is 4.79 Å². The largest absolute Gasteiger partial charge is 0.462 e. The van der Waals surface area contributed by atoms with Gasteiger partial charge in [0.2, 0.25) is 5.91 Å². The Kier molecular flexibility index (Phi) is 5.83. The van der Waals surface area contributed by atoms with Gasteiger partial charge in [0, 0.05) is 21.3 Å². The van der Waals surface area contributed by atoms with Crippen molar-refractivity contribution in [3.8, 4) is 11.1 Å². The Hall–Kier alpha value is -2.44. The highest BCUT2D eigenvalue weighted by Crippen LogP contribution is 2.48. The number of halogens is 1. The average molecular weight is 470 g/mol. The smallest absolute Gasteiger partial charge is 0.341 e. The Labute approximate surface area is 182 Å². The van der Waals surface area contributed by atoms with Crippen LogP contribution in [-0.2, 0) is 9.53 Å². The molecule has 1 N–H and O–H groups in total. The minimum Gasteiger partial charge on any atom is -0.462 e. The molecule has 1 saturated carbocycles. The van der Waals surface area contributed by atoms with Crippen LogP contribution >= 0.6 is 27.3 Å². The minimum absolute atomic E-state index is 0.0476. The molecule has 4 rings (SSSR count). The van der Waals surface area contributed by atoms with E-state index >= 15 is 0 Å². The Morgan fingerprint density at radius 1 is 1.14 bits per heavy atom. The van der Waals surface area contributed by atoms with Gasteiger partial charge in [0.05, 0.1) is 6.61 Å². The fourth-order valence-corrected chi connectivity index (χ4v) is 4.68. The first-order valence-corrected chi connectivity index (χ1v) is 11.2. The highest BCUT2D eigenvalue weighted by Gasteiger charge is 2.44. The zero-order valence-corrected chi connectivity index (χ0v) is 18.3. The first kappa shape index (κ1) is 19.9. The quantitative estimate of drug-likeness (QED) is 0.443. The number of amides is 1. The van der Waals surface area contributed by atoms with Crippen LogP contribution in [0.5, 0.6) is 0 Å². The maximum Gasteiger partial charge on any atom is 0.341 e. The molecule has 1 heterocycles. The number of esters is 1. The van der Waals surface area contributed by atoms with E-state index in [4.69, 9.17) is 4.74 Å². The number of hydrogen-bond acceptors (Lipinski definition) is 4. The number of rotatable bonds is 6. The zero-order valence-electron chi connectivity index (χ0n) is 15.9. The predicted molar refractivity (Wildman–Crippen MR) is 119 cm³/mol. The molecule has 4 nitrogen and oxygen atoms in total. The van der Waals surface area contributed by atoms with Crippen molar-refractivity contribution in [3.05, 3.63) is 75.6 Å². The normalized spacial score (nSPS) is 17.6. The van der Waals surface area contributed by atoms with Crippen LogP contribution in [0.15, 0.2) is 64.5 Å². The molecule has 3 aromatic rings. The molecule has 1 aliphatic rings. The molecule has 1 aromatic heterocycles. The number of carbonyl (C=O) groups excluding carboxylic acids is 2. The van der Waals surface area contributed by atoms with Crippen LogP contribution in [-0.4, -0.2) is 18.5 Å². The zero-order chi connectivity index (χ0) is 20.4. The van der Waals surface area contributed by atoms with Crippen LogP contribution in [0.2, 0.25) is 0 Å². The van der Waals surface area contributed by atoms with Crippen molar-refractivity contribution in [2.45, 2.75) is 19.3 Å². The number of hydrogen-bond donors (Lipinski definition) is 1. The third-order valence-electron chi connectivity index (χ3n) is 5.02. The lowest BCUT2D eigenvalue weighted by atomic mass is 10.0. The van der Waals surface area contributed by atoms with Crippen LogP contribution in [0.25, 0.3) is 11.1 Å². The molecule has 0 bridgehead atoms. The Morgan fingerprint density at radius 2 is 1.86 bits per heavy atom. The summed E-state index contributed by atoms with van der Waals surface area (Å²) < 4.78 is 6.23. The van der Waals surface area contributed by atoms with E-state index in [-0.39, 0.29) is 24.3 Å². The number of benzene rings is 2. The number of anilines is 1. The molecule has 0 aliphatic heterocycles. The molecule has 148 valence electrons. The maximum absolute atomic E-state index is 12.8. The van der Waals surface area contributed by atoms with E-state index < -0.39 is 5.97 Å². The van der Waals surface area contributed by atoms with E-state index in [1.807, 2.05) is 47.8 Å². The third kappa shape index (κ3) is 4.28. The molecule has 1 fully saturated rings. The van der Waals surface area contributed by atoms with Crippen molar-refractivity contribution in [2.24, 2.45) is 5.92 Å². The van der Waals surface area contributed by atoms with E-state index in [0.29, 0.717) is 10.6 Å². The fourth-order valence-electron chi connectivity index (χ4n) is 3.46. The second-order valence-electron chi connectivity index (χ2n) is 6.93. The highest BCUT2D eigenvalue weighted by atomic mass is 79.9. The highest BCUT2D eigenvalue weighted by molar-refractivity contribution is 9.10. The second kappa shape index (κ2) is 8.51. The van der Waals surface area contributed by atoms with Gasteiger partial charge < -0.3 is 10.1 Å². The molecule has 2 atom stereocenters. The van der Waals surface area contributed by atoms with Crippen LogP contribution in [0.3, 0.4) is 0 Å². The van der Waals surface area contributed by atoms with Gasteiger partial charge in [0.1, 0.15) is 10.6 Å². The SMILES string of the molecule is CCOC(=O)c1c(-c2ccc(Br)cc2)csc1NC(=O)C1CC1c1ccccc1. The summed E-state index contributed by atoms with van der Waals surface area (Å²) in [4.78, 5) is 25.5. The van der Waals surface area contributed by atoms with Crippen molar-refractivity contribution in [3.63, 3.8) is 0 Å². The Morgan fingerprint density at radius 3 is 2.55 bits per heavy atom. The average Bonchev–Trinajstić information content (AvgIpc) is 3.43. The Balaban J connectivity index is 1.58. The van der Waals surface area contributed by atoms with Crippen molar-refractivity contribution in [1.29, 1.82) is 0 Å². The molecule has 0 saturated heterocycles. The van der Waals surface area contributed by atoms with Gasteiger partial charge in [-0.2, -0.15) is 0 Å². The van der Waals surface area contributed by atoms with Crippen LogP contribution in [0.1, 0.15) is 35.2 Å². The number of nitrogens with one attached hydrogen (secondary N) is 1. The molecule has 2 unspecified atom stereocenters. The van der Waals surface area contributed by atoms with Gasteiger partial charge in [0.15, 0.2) is 0 Å². The van der Waals surface area contributed by atoms with Gasteiger partial charge in [-0.1, -0.05) is 58.4 Å². The molecule has 2 aromatic carbocycles. The lowest BCUT2D eigenvalue weighted by Gasteiger charge is -2.09. The predicted octanol–water partition coefficient (Wildman–Crippen LogP) is 6.10. The summed E-state index contributed by atoms with van der Waals surface area (Å²) in [5.41, 5.74) is 3.28. The van der Waals surface area contributed by atoms with Gasteiger partial charge in [-0.15, -0.1) is 11.3 Å². The molecule has 6 heteroatoms. The van der Waals surface area contributed by atoms with Crippen molar-refractivity contribution in [1.82, 2.24) is 0 Å². The molecule has 1 aliphatic carbocycles. The first-order chi connectivity index (χ1) is 14.1. The lowest BCUT2D eigenvalue weighted by molar-refractivity contribution is -0.117. The molecule has 29 heavy (non-hydrogen) atoms. The fraction of sp³-hybridized carbons (Fsp3) is 0.217. The summed E-state index contributed by atoms with van der Waals surface area (Å²) in [6, 6.07) is 17.8. The van der Waals surface area contributed by atoms with Gasteiger partial charge in [-0.05, 0) is 42.5 Å². The van der Waals surface area contributed by atoms with Crippen molar-refractivity contribution in [2.75, 3.05) is 11.9 Å². The molecule has 1 amide bonds. The van der Waals surface area contributed by atoms with Gasteiger partial charge in [-0.25, -0.2) is 4.79 Å². The van der Waals surface area contributed by atoms with E-state index in [9.17, 15) is 9.59 Å². The number of thiophene rings is 1. The monoisotopic (exact) mass is 469 g/mol. The topological polar surface area (TPSA) is 55.4 Å². The summed E-state index contributed by atoms with van der Waals surface area (Å²) in [5, 5.41) is 5.42. The minimum atomic E-state index is -0.419. The standard InChI is InChI=1S/C23H20BrNO3S/c1-2-28-23(27)20-19(15-8-10-16(24)11-9-15)13-29-22(20)25-21(26)18-12-17(18)14-6-4-3-5-7-14/h3-11,13,17-18H,2,12H2,1H3,(H,25,26). The first-order valence-electron chi connectivity index (χ1n) is 9.48. The second-order valence-corrected chi connectivity index (χ2v) is 8.72. The number of ether oxygens (including phenoxy) is 1. The maximum atomic E-state index is 12.8. The summed E-state index contributed by atoms with van der Waals surface area (Å²) in [7, 11) is 0. The molecular weight excluding hydrogens is 450 g/mol. The van der Waals surface area contributed by atoms with Crippen molar-refractivity contribution >= 4 is 44.1 Å². The molecule has 0 radical (unpaired) electrons. The van der Waals surface area contributed by atoms with E-state index in [1.54, 1.807) is 6.92 Å². The van der Waals surface area contributed by atoms with E-state index in [1.165, 1.54) is 16.9 Å². The van der Waals surface area contributed by atoms with Crippen LogP contribution in [0, 0.1) is 5.92 Å². The third-order valence-corrected chi connectivity index (χ3v) is 6.44. The van der Waals surface area contributed by atoms with Gasteiger partial charge in [0.25, 0.3) is 0 Å². The summed E-state index contributed by atoms with van der Waals surface area (Å²) in [6.45, 7) is 2.05. The lowest BCUT2D eigenvalue weighted by Crippen LogP contribution is -2.16. The van der Waals surface area contributed by atoms with Crippen LogP contribution < -0.4 is 5.32 Å². The molecular formula is C23H20BrNO3S.